The number of rotatable bonds is 9. The Kier molecular flexibility index (Phi) is 7.61. The molecule has 172 valence electrons. The topological polar surface area (TPSA) is 102 Å². The minimum Gasteiger partial charge on any atom is -0.497 e. The van der Waals surface area contributed by atoms with E-state index in [2.05, 4.69) is 5.32 Å². The maximum Gasteiger partial charge on any atom is 0.328 e. The van der Waals surface area contributed by atoms with E-state index >= 15 is 0 Å². The fraction of sp³-hybridized carbons (Fsp3) is 0.280. The number of fused-ring (bicyclic) bond motifs is 1. The maximum absolute atomic E-state index is 12.6. The third-order valence-electron chi connectivity index (χ3n) is 5.20. The monoisotopic (exact) mass is 450 g/mol. The number of hydrogen-bond acceptors (Lipinski definition) is 6. The summed E-state index contributed by atoms with van der Waals surface area (Å²) in [7, 11) is 1.57. The van der Waals surface area contributed by atoms with Gasteiger partial charge in [0.1, 0.15) is 18.4 Å². The van der Waals surface area contributed by atoms with Gasteiger partial charge in [-0.15, -0.1) is 0 Å². The zero-order valence-corrected chi connectivity index (χ0v) is 18.7. The lowest BCUT2D eigenvalue weighted by molar-refractivity contribution is -0.149. The molecule has 0 aromatic heterocycles. The van der Waals surface area contributed by atoms with E-state index in [1.807, 2.05) is 0 Å². The molecule has 0 saturated heterocycles. The Labute approximate surface area is 192 Å². The van der Waals surface area contributed by atoms with Crippen molar-refractivity contribution >= 4 is 29.8 Å². The van der Waals surface area contributed by atoms with E-state index in [0.717, 1.165) is 10.5 Å². The molecule has 8 heteroatoms. The summed E-state index contributed by atoms with van der Waals surface area (Å²) >= 11 is 0. The van der Waals surface area contributed by atoms with Crippen LogP contribution >= 0.6 is 0 Å². The van der Waals surface area contributed by atoms with Gasteiger partial charge in [0.2, 0.25) is 5.91 Å². The summed E-state index contributed by atoms with van der Waals surface area (Å²) in [5.41, 5.74) is 1.48. The number of amides is 3. The first-order chi connectivity index (χ1) is 15.8. The maximum atomic E-state index is 12.6. The van der Waals surface area contributed by atoms with E-state index in [1.165, 1.54) is 6.08 Å². The Hall–Kier alpha value is -3.94. The van der Waals surface area contributed by atoms with Gasteiger partial charge in [0.25, 0.3) is 11.8 Å². The fourth-order valence-electron chi connectivity index (χ4n) is 3.36. The average Bonchev–Trinajstić information content (AvgIpc) is 3.06. The molecule has 1 heterocycles. The van der Waals surface area contributed by atoms with Crippen LogP contribution in [0.3, 0.4) is 0 Å². The number of carbonyl (C=O) groups is 4. The second kappa shape index (κ2) is 10.6. The highest BCUT2D eigenvalue weighted by atomic mass is 16.5. The molecular weight excluding hydrogens is 424 g/mol. The Morgan fingerprint density at radius 1 is 1.00 bits per heavy atom. The van der Waals surface area contributed by atoms with E-state index in [9.17, 15) is 19.2 Å². The summed E-state index contributed by atoms with van der Waals surface area (Å²) in [6.45, 7) is 3.34. The quantitative estimate of drug-likeness (QED) is 0.358. The van der Waals surface area contributed by atoms with Crippen LogP contribution in [0.1, 0.15) is 40.1 Å². The minimum absolute atomic E-state index is 0.0613. The number of benzene rings is 2. The van der Waals surface area contributed by atoms with Gasteiger partial charge in [0, 0.05) is 6.08 Å². The Morgan fingerprint density at radius 2 is 1.61 bits per heavy atom. The van der Waals surface area contributed by atoms with Crippen molar-refractivity contribution < 1.29 is 28.7 Å². The van der Waals surface area contributed by atoms with Crippen molar-refractivity contribution in [3.05, 3.63) is 71.3 Å². The van der Waals surface area contributed by atoms with Crippen LogP contribution in [0, 0.1) is 5.92 Å². The van der Waals surface area contributed by atoms with Crippen LogP contribution in [0.5, 0.6) is 5.75 Å². The zero-order chi connectivity index (χ0) is 24.0. The van der Waals surface area contributed by atoms with E-state index in [4.69, 9.17) is 9.47 Å². The summed E-state index contributed by atoms with van der Waals surface area (Å²) in [6, 6.07) is 12.8. The molecule has 1 aliphatic heterocycles. The molecule has 0 saturated carbocycles. The van der Waals surface area contributed by atoms with Crippen LogP contribution in [0.25, 0.3) is 6.08 Å². The van der Waals surface area contributed by atoms with Crippen molar-refractivity contribution in [3.63, 3.8) is 0 Å². The molecule has 33 heavy (non-hydrogen) atoms. The smallest absolute Gasteiger partial charge is 0.328 e. The molecule has 1 unspecified atom stereocenters. The molecule has 0 radical (unpaired) electrons. The minimum atomic E-state index is -0.875. The van der Waals surface area contributed by atoms with Crippen molar-refractivity contribution in [2.75, 3.05) is 20.3 Å². The first-order valence-electron chi connectivity index (χ1n) is 10.6. The first kappa shape index (κ1) is 23.7. The molecule has 0 fully saturated rings. The standard InChI is InChI=1S/C25H26N2O6/c1-16(2)22(26-21(28)13-10-17-8-11-18(32-3)12-9-17)25(31)33-15-14-27-23(29)19-6-4-5-7-20(19)24(27)30/h4-13,16,22H,14-15H2,1-3H3,(H,26,28). The van der Waals surface area contributed by atoms with Gasteiger partial charge >= 0.3 is 5.97 Å². The van der Waals surface area contributed by atoms with E-state index < -0.39 is 29.7 Å². The summed E-state index contributed by atoms with van der Waals surface area (Å²) < 4.78 is 10.4. The van der Waals surface area contributed by atoms with Crippen molar-refractivity contribution in [3.8, 4) is 5.75 Å². The summed E-state index contributed by atoms with van der Waals surface area (Å²) in [5.74, 6) is -1.42. The molecule has 3 rings (SSSR count). The lowest BCUT2D eigenvalue weighted by Gasteiger charge is -2.21. The lowest BCUT2D eigenvalue weighted by Crippen LogP contribution is -2.45. The van der Waals surface area contributed by atoms with Crippen molar-refractivity contribution in [2.45, 2.75) is 19.9 Å². The van der Waals surface area contributed by atoms with Crippen LogP contribution in [0.15, 0.2) is 54.6 Å². The predicted molar refractivity (Wildman–Crippen MR) is 122 cm³/mol. The zero-order valence-electron chi connectivity index (χ0n) is 18.7. The summed E-state index contributed by atoms with van der Waals surface area (Å²) in [5, 5.41) is 2.65. The van der Waals surface area contributed by atoms with E-state index in [-0.39, 0.29) is 19.1 Å². The number of carbonyl (C=O) groups excluding carboxylic acids is 4. The Bertz CT molecular complexity index is 1040. The lowest BCUT2D eigenvalue weighted by atomic mass is 10.0. The van der Waals surface area contributed by atoms with Crippen molar-refractivity contribution in [2.24, 2.45) is 5.92 Å². The Balaban J connectivity index is 1.52. The van der Waals surface area contributed by atoms with Crippen LogP contribution in [0.2, 0.25) is 0 Å². The van der Waals surface area contributed by atoms with E-state index in [1.54, 1.807) is 75.6 Å². The second-order valence-corrected chi connectivity index (χ2v) is 7.81. The molecule has 0 aliphatic carbocycles. The highest BCUT2D eigenvalue weighted by molar-refractivity contribution is 6.21. The van der Waals surface area contributed by atoms with Gasteiger partial charge in [-0.05, 0) is 41.8 Å². The molecule has 1 N–H and O–H groups in total. The first-order valence-corrected chi connectivity index (χ1v) is 10.6. The normalized spacial score (nSPS) is 13.9. The molecule has 8 nitrogen and oxygen atoms in total. The van der Waals surface area contributed by atoms with Gasteiger partial charge in [-0.1, -0.05) is 38.1 Å². The molecule has 0 bridgehead atoms. The number of ether oxygens (including phenoxy) is 2. The molecule has 2 aromatic carbocycles. The van der Waals surface area contributed by atoms with Crippen LogP contribution in [-0.2, 0) is 14.3 Å². The largest absolute Gasteiger partial charge is 0.497 e. The van der Waals surface area contributed by atoms with Crippen LogP contribution < -0.4 is 10.1 Å². The number of hydrogen-bond donors (Lipinski definition) is 1. The molecular formula is C25H26N2O6. The van der Waals surface area contributed by atoms with Gasteiger partial charge in [-0.25, -0.2) is 4.79 Å². The molecule has 1 atom stereocenters. The number of esters is 1. The van der Waals surface area contributed by atoms with Gasteiger partial charge in [0.15, 0.2) is 0 Å². The van der Waals surface area contributed by atoms with Crippen LogP contribution in [0.4, 0.5) is 0 Å². The highest BCUT2D eigenvalue weighted by Crippen LogP contribution is 2.22. The summed E-state index contributed by atoms with van der Waals surface area (Å²) in [6.07, 6.45) is 2.96. The van der Waals surface area contributed by atoms with Crippen molar-refractivity contribution in [1.29, 1.82) is 0 Å². The van der Waals surface area contributed by atoms with Gasteiger partial charge in [-0.2, -0.15) is 0 Å². The number of imide groups is 1. The molecule has 2 aromatic rings. The SMILES string of the molecule is COc1ccc(C=CC(=O)NC(C(=O)OCCN2C(=O)c3ccccc3C2=O)C(C)C)cc1. The number of nitrogens with zero attached hydrogens (tertiary/aromatic N) is 1. The summed E-state index contributed by atoms with van der Waals surface area (Å²) in [4.78, 5) is 50.7. The van der Waals surface area contributed by atoms with Crippen LogP contribution in [-0.4, -0.2) is 54.9 Å². The molecule has 1 aliphatic rings. The van der Waals surface area contributed by atoms with Gasteiger partial charge in [-0.3, -0.25) is 19.3 Å². The molecule has 3 amide bonds. The average molecular weight is 450 g/mol. The van der Waals surface area contributed by atoms with Gasteiger partial charge in [0.05, 0.1) is 24.8 Å². The number of nitrogens with one attached hydrogen (secondary N) is 1. The predicted octanol–water partition coefficient (Wildman–Crippen LogP) is 2.69. The van der Waals surface area contributed by atoms with Crippen molar-refractivity contribution in [1.82, 2.24) is 10.2 Å². The third kappa shape index (κ3) is 5.65. The second-order valence-electron chi connectivity index (χ2n) is 7.81. The number of methoxy groups -OCH3 is 1. The van der Waals surface area contributed by atoms with Gasteiger partial charge < -0.3 is 14.8 Å². The fourth-order valence-corrected chi connectivity index (χ4v) is 3.36. The Morgan fingerprint density at radius 3 is 2.15 bits per heavy atom. The highest BCUT2D eigenvalue weighted by Gasteiger charge is 2.35. The van der Waals surface area contributed by atoms with E-state index in [0.29, 0.717) is 16.9 Å². The molecule has 0 spiro atoms. The third-order valence-corrected chi connectivity index (χ3v) is 5.20.